The van der Waals surface area contributed by atoms with Crippen LogP contribution in [-0.2, 0) is 6.54 Å². The highest BCUT2D eigenvalue weighted by Crippen LogP contribution is 2.36. The Morgan fingerprint density at radius 1 is 1.06 bits per heavy atom. The molecule has 1 fully saturated rings. The normalized spacial score (nSPS) is 13.5. The van der Waals surface area contributed by atoms with Crippen LogP contribution >= 0.6 is 0 Å². The Balaban J connectivity index is 1.77. The van der Waals surface area contributed by atoms with Crippen LogP contribution in [0.15, 0.2) is 54.6 Å². The van der Waals surface area contributed by atoms with Gasteiger partial charge in [0, 0.05) is 31.3 Å². The molecule has 0 spiro atoms. The van der Waals surface area contributed by atoms with Crippen molar-refractivity contribution in [3.05, 3.63) is 77.0 Å². The molecule has 1 heterocycles. The third-order valence-corrected chi connectivity index (χ3v) is 5.83. The van der Waals surface area contributed by atoms with E-state index in [0.29, 0.717) is 12.6 Å². The molecule has 0 N–H and O–H groups in total. The van der Waals surface area contributed by atoms with Crippen LogP contribution in [0.4, 0.5) is 5.82 Å². The van der Waals surface area contributed by atoms with Crippen LogP contribution in [-0.4, -0.2) is 40.7 Å². The molecule has 5 heteroatoms. The molecule has 0 atom stereocenters. The van der Waals surface area contributed by atoms with Crippen molar-refractivity contribution in [3.8, 4) is 5.69 Å². The lowest BCUT2D eigenvalue weighted by Gasteiger charge is -2.25. The fourth-order valence-corrected chi connectivity index (χ4v) is 4.07. The van der Waals surface area contributed by atoms with Gasteiger partial charge in [-0.05, 0) is 49.9 Å². The molecule has 0 radical (unpaired) electrons. The number of aromatic nitrogens is 2. The number of carbonyl (C=O) groups is 1. The van der Waals surface area contributed by atoms with E-state index >= 15 is 0 Å². The summed E-state index contributed by atoms with van der Waals surface area (Å²) in [4.78, 5) is 17.6. The summed E-state index contributed by atoms with van der Waals surface area (Å²) in [6, 6.07) is 18.4. The topological polar surface area (TPSA) is 41.4 Å². The Labute approximate surface area is 185 Å². The molecule has 1 amide bonds. The molecule has 4 rings (SSSR count). The van der Waals surface area contributed by atoms with Crippen LogP contribution in [0, 0.1) is 6.92 Å². The third-order valence-electron chi connectivity index (χ3n) is 5.83. The molecule has 0 saturated heterocycles. The van der Waals surface area contributed by atoms with Crippen molar-refractivity contribution in [3.63, 3.8) is 0 Å². The largest absolute Gasteiger partial charge is 0.362 e. The van der Waals surface area contributed by atoms with Gasteiger partial charge in [0.1, 0.15) is 5.82 Å². The third kappa shape index (κ3) is 4.36. The van der Waals surface area contributed by atoms with E-state index in [0.717, 1.165) is 46.7 Å². The van der Waals surface area contributed by atoms with Crippen LogP contribution in [0.3, 0.4) is 0 Å². The Hall–Kier alpha value is -3.08. The summed E-state index contributed by atoms with van der Waals surface area (Å²) < 4.78 is 2.02. The Kier molecular flexibility index (Phi) is 5.86. The van der Waals surface area contributed by atoms with Gasteiger partial charge in [0.05, 0.1) is 17.9 Å². The fraction of sp³-hybridized carbons (Fsp3) is 0.385. The van der Waals surface area contributed by atoms with Gasteiger partial charge in [0.15, 0.2) is 0 Å². The van der Waals surface area contributed by atoms with Gasteiger partial charge in [-0.2, -0.15) is 5.10 Å². The highest BCUT2D eigenvalue weighted by molar-refractivity contribution is 5.94. The standard InChI is InChI=1S/C26H32N4O/c1-18(2)24-23(25(28(4)5)30(27-24)22-9-7-6-8-10-22)17-29(21-15-16-21)26(31)20-13-11-19(3)12-14-20/h6-14,18,21H,15-17H2,1-5H3. The second-order valence-electron chi connectivity index (χ2n) is 9.01. The maximum absolute atomic E-state index is 13.5. The number of nitrogens with zero attached hydrogens (tertiary/aromatic N) is 4. The molecule has 1 aliphatic carbocycles. The first-order valence-electron chi connectivity index (χ1n) is 11.1. The van der Waals surface area contributed by atoms with Crippen molar-refractivity contribution in [2.24, 2.45) is 0 Å². The van der Waals surface area contributed by atoms with Gasteiger partial charge >= 0.3 is 0 Å². The van der Waals surface area contributed by atoms with Crippen LogP contribution < -0.4 is 4.90 Å². The predicted octanol–water partition coefficient (Wildman–Crippen LogP) is 5.17. The van der Waals surface area contributed by atoms with Gasteiger partial charge in [-0.25, -0.2) is 4.68 Å². The molecule has 3 aromatic rings. The van der Waals surface area contributed by atoms with E-state index < -0.39 is 0 Å². The number of hydrogen-bond donors (Lipinski definition) is 0. The first-order valence-corrected chi connectivity index (χ1v) is 11.1. The van der Waals surface area contributed by atoms with E-state index in [4.69, 9.17) is 5.10 Å². The minimum Gasteiger partial charge on any atom is -0.362 e. The lowest BCUT2D eigenvalue weighted by molar-refractivity contribution is 0.0729. The Morgan fingerprint density at radius 3 is 2.26 bits per heavy atom. The summed E-state index contributed by atoms with van der Waals surface area (Å²) in [6.07, 6.45) is 2.14. The number of rotatable bonds is 7. The van der Waals surface area contributed by atoms with Crippen molar-refractivity contribution < 1.29 is 4.79 Å². The summed E-state index contributed by atoms with van der Waals surface area (Å²) in [5.41, 5.74) is 5.13. The molecule has 1 aromatic heterocycles. The van der Waals surface area contributed by atoms with Gasteiger partial charge in [-0.15, -0.1) is 0 Å². The Morgan fingerprint density at radius 2 is 1.71 bits per heavy atom. The first kappa shape index (κ1) is 21.2. The van der Waals surface area contributed by atoms with Gasteiger partial charge in [-0.3, -0.25) is 4.79 Å². The lowest BCUT2D eigenvalue weighted by atomic mass is 10.0. The van der Waals surface area contributed by atoms with Crippen molar-refractivity contribution in [1.82, 2.24) is 14.7 Å². The second-order valence-corrected chi connectivity index (χ2v) is 9.01. The molecule has 5 nitrogen and oxygen atoms in total. The summed E-state index contributed by atoms with van der Waals surface area (Å²) >= 11 is 0. The molecule has 1 saturated carbocycles. The van der Waals surface area contributed by atoms with Crippen LogP contribution in [0.5, 0.6) is 0 Å². The van der Waals surface area contributed by atoms with Gasteiger partial charge in [-0.1, -0.05) is 49.7 Å². The summed E-state index contributed by atoms with van der Waals surface area (Å²) in [5.74, 6) is 1.40. The number of hydrogen-bond acceptors (Lipinski definition) is 3. The zero-order valence-corrected chi connectivity index (χ0v) is 19.2. The van der Waals surface area contributed by atoms with E-state index in [1.807, 2.05) is 68.2 Å². The lowest BCUT2D eigenvalue weighted by Crippen LogP contribution is -2.33. The van der Waals surface area contributed by atoms with Gasteiger partial charge in [0.2, 0.25) is 0 Å². The monoisotopic (exact) mass is 416 g/mol. The summed E-state index contributed by atoms with van der Waals surface area (Å²) in [5, 5.41) is 5.01. The number of amides is 1. The summed E-state index contributed by atoms with van der Waals surface area (Å²) in [7, 11) is 4.10. The van der Waals surface area contributed by atoms with Gasteiger partial charge in [0.25, 0.3) is 5.91 Å². The molecular formula is C26H32N4O. The van der Waals surface area contributed by atoms with Crippen molar-refractivity contribution in [1.29, 1.82) is 0 Å². The average Bonchev–Trinajstić information content (AvgIpc) is 3.52. The van der Waals surface area contributed by atoms with Crippen molar-refractivity contribution >= 4 is 11.7 Å². The minimum atomic E-state index is 0.106. The highest BCUT2D eigenvalue weighted by atomic mass is 16.2. The van der Waals surface area contributed by atoms with Crippen molar-refractivity contribution in [2.45, 2.75) is 52.1 Å². The molecule has 162 valence electrons. The molecule has 0 aliphatic heterocycles. The number of aryl methyl sites for hydroxylation is 1. The van der Waals surface area contributed by atoms with E-state index in [1.54, 1.807) is 0 Å². The van der Waals surface area contributed by atoms with E-state index in [-0.39, 0.29) is 11.8 Å². The van der Waals surface area contributed by atoms with Crippen LogP contribution in [0.25, 0.3) is 5.69 Å². The average molecular weight is 417 g/mol. The summed E-state index contributed by atoms with van der Waals surface area (Å²) in [6.45, 7) is 6.96. The molecule has 0 bridgehead atoms. The predicted molar refractivity (Wildman–Crippen MR) is 126 cm³/mol. The zero-order valence-electron chi connectivity index (χ0n) is 19.2. The molecule has 0 unspecified atom stereocenters. The quantitative estimate of drug-likeness (QED) is 0.533. The number of benzene rings is 2. The second kappa shape index (κ2) is 8.58. The zero-order chi connectivity index (χ0) is 22.1. The van der Waals surface area contributed by atoms with Crippen LogP contribution in [0.1, 0.15) is 59.8 Å². The molecule has 1 aliphatic rings. The number of carbonyl (C=O) groups excluding carboxylic acids is 1. The smallest absolute Gasteiger partial charge is 0.254 e. The molecular weight excluding hydrogens is 384 g/mol. The molecule has 31 heavy (non-hydrogen) atoms. The van der Waals surface area contributed by atoms with E-state index in [2.05, 4.69) is 35.8 Å². The number of anilines is 1. The van der Waals surface area contributed by atoms with Crippen molar-refractivity contribution in [2.75, 3.05) is 19.0 Å². The minimum absolute atomic E-state index is 0.106. The van der Waals surface area contributed by atoms with E-state index in [9.17, 15) is 4.79 Å². The fourth-order valence-electron chi connectivity index (χ4n) is 4.07. The maximum Gasteiger partial charge on any atom is 0.254 e. The SMILES string of the molecule is Cc1ccc(C(=O)N(Cc2c(C(C)C)nn(-c3ccccc3)c2N(C)C)C2CC2)cc1. The van der Waals surface area contributed by atoms with Crippen LogP contribution in [0.2, 0.25) is 0 Å². The molecule has 2 aromatic carbocycles. The van der Waals surface area contributed by atoms with E-state index in [1.165, 1.54) is 0 Å². The highest BCUT2D eigenvalue weighted by Gasteiger charge is 2.35. The van der Waals surface area contributed by atoms with Gasteiger partial charge < -0.3 is 9.80 Å². The Bertz CT molecular complexity index is 1050. The maximum atomic E-state index is 13.5. The first-order chi connectivity index (χ1) is 14.9. The number of para-hydroxylation sites is 1.